The van der Waals surface area contributed by atoms with Crippen LogP contribution in [0.1, 0.15) is 6.92 Å². The smallest absolute Gasteiger partial charge is 0.239 e. The first-order valence-corrected chi connectivity index (χ1v) is 5.98. The van der Waals surface area contributed by atoms with E-state index in [4.69, 9.17) is 22.1 Å². The molecule has 0 aliphatic carbocycles. The van der Waals surface area contributed by atoms with Crippen molar-refractivity contribution in [2.45, 2.75) is 6.92 Å². The monoisotopic (exact) mass is 263 g/mol. The Labute approximate surface area is 111 Å². The molecule has 0 aliphatic heterocycles. The number of pyridine rings is 1. The molecule has 0 saturated carbocycles. The minimum absolute atomic E-state index is 0.441. The number of hydrogen-bond acceptors (Lipinski definition) is 4. The van der Waals surface area contributed by atoms with Gasteiger partial charge in [0.25, 0.3) is 0 Å². The minimum atomic E-state index is 0.441. The molecule has 0 unspecified atom stereocenters. The summed E-state index contributed by atoms with van der Waals surface area (Å²) in [5, 5.41) is 3.85. The number of anilines is 3. The summed E-state index contributed by atoms with van der Waals surface area (Å²) in [5.74, 6) is 1.12. The summed E-state index contributed by atoms with van der Waals surface area (Å²) >= 11 is 5.82. The molecule has 0 radical (unpaired) electrons. The highest BCUT2D eigenvalue weighted by atomic mass is 35.5. The van der Waals surface area contributed by atoms with Crippen molar-refractivity contribution in [2.75, 3.05) is 17.7 Å². The van der Waals surface area contributed by atoms with Crippen LogP contribution in [0.4, 0.5) is 17.2 Å². The van der Waals surface area contributed by atoms with Gasteiger partial charge in [-0.25, -0.2) is 0 Å². The molecule has 1 aromatic heterocycles. The fraction of sp³-hybridized carbons (Fsp3) is 0.154. The average molecular weight is 264 g/mol. The Bertz CT molecular complexity index is 528. The molecule has 5 heteroatoms. The van der Waals surface area contributed by atoms with Crippen molar-refractivity contribution in [3.05, 3.63) is 41.4 Å². The molecule has 0 saturated heterocycles. The van der Waals surface area contributed by atoms with Gasteiger partial charge in [0.2, 0.25) is 5.88 Å². The molecule has 0 aliphatic rings. The topological polar surface area (TPSA) is 60.2 Å². The molecule has 0 spiro atoms. The Morgan fingerprint density at radius 2 is 1.94 bits per heavy atom. The third kappa shape index (κ3) is 3.05. The predicted molar refractivity (Wildman–Crippen MR) is 74.6 cm³/mol. The molecule has 94 valence electrons. The Morgan fingerprint density at radius 1 is 1.22 bits per heavy atom. The molecule has 1 aromatic carbocycles. The summed E-state index contributed by atoms with van der Waals surface area (Å²) in [6.07, 6.45) is 0. The van der Waals surface area contributed by atoms with Crippen LogP contribution in [0.2, 0.25) is 5.02 Å². The number of nitrogens with one attached hydrogen (secondary N) is 1. The SMILES string of the molecule is CCOc1nc(Nc2ccc(Cl)cc2)ccc1N. The van der Waals surface area contributed by atoms with Gasteiger partial charge < -0.3 is 15.8 Å². The van der Waals surface area contributed by atoms with E-state index in [2.05, 4.69) is 10.3 Å². The highest BCUT2D eigenvalue weighted by Crippen LogP contribution is 2.23. The molecular weight excluding hydrogens is 250 g/mol. The van der Waals surface area contributed by atoms with Gasteiger partial charge in [0.15, 0.2) is 0 Å². The molecule has 0 amide bonds. The first-order chi connectivity index (χ1) is 8.69. The van der Waals surface area contributed by atoms with Crippen LogP contribution in [0, 0.1) is 0 Å². The Hall–Kier alpha value is -1.94. The van der Waals surface area contributed by atoms with E-state index in [1.165, 1.54) is 0 Å². The average Bonchev–Trinajstić information content (AvgIpc) is 2.37. The number of halogens is 1. The summed E-state index contributed by atoms with van der Waals surface area (Å²) in [6.45, 7) is 2.42. The molecule has 1 heterocycles. The number of nitrogens with zero attached hydrogens (tertiary/aromatic N) is 1. The lowest BCUT2D eigenvalue weighted by molar-refractivity contribution is 0.329. The van der Waals surface area contributed by atoms with Crippen molar-refractivity contribution in [1.82, 2.24) is 4.98 Å². The molecule has 2 rings (SSSR count). The van der Waals surface area contributed by atoms with Gasteiger partial charge in [-0.1, -0.05) is 11.6 Å². The van der Waals surface area contributed by atoms with Crippen LogP contribution in [0.25, 0.3) is 0 Å². The lowest BCUT2D eigenvalue weighted by Gasteiger charge is -2.09. The number of ether oxygens (including phenoxy) is 1. The van der Waals surface area contributed by atoms with E-state index in [0.29, 0.717) is 29.0 Å². The number of rotatable bonds is 4. The summed E-state index contributed by atoms with van der Waals surface area (Å²) in [5.41, 5.74) is 7.18. The summed E-state index contributed by atoms with van der Waals surface area (Å²) in [6, 6.07) is 10.9. The number of benzene rings is 1. The van der Waals surface area contributed by atoms with E-state index in [0.717, 1.165) is 5.69 Å². The zero-order valence-electron chi connectivity index (χ0n) is 9.98. The Morgan fingerprint density at radius 3 is 2.61 bits per heavy atom. The Kier molecular flexibility index (Phi) is 3.89. The number of nitrogen functional groups attached to an aromatic ring is 1. The molecule has 18 heavy (non-hydrogen) atoms. The highest BCUT2D eigenvalue weighted by molar-refractivity contribution is 6.30. The highest BCUT2D eigenvalue weighted by Gasteiger charge is 2.04. The van der Waals surface area contributed by atoms with E-state index in [1.54, 1.807) is 12.1 Å². The van der Waals surface area contributed by atoms with Crippen LogP contribution >= 0.6 is 11.6 Å². The van der Waals surface area contributed by atoms with Crippen LogP contribution in [0.3, 0.4) is 0 Å². The van der Waals surface area contributed by atoms with Crippen molar-refractivity contribution in [1.29, 1.82) is 0 Å². The minimum Gasteiger partial charge on any atom is -0.476 e. The first kappa shape index (κ1) is 12.5. The first-order valence-electron chi connectivity index (χ1n) is 5.61. The normalized spacial score (nSPS) is 10.1. The van der Waals surface area contributed by atoms with Gasteiger partial charge in [0, 0.05) is 10.7 Å². The van der Waals surface area contributed by atoms with Gasteiger partial charge >= 0.3 is 0 Å². The van der Waals surface area contributed by atoms with E-state index in [1.807, 2.05) is 31.2 Å². The van der Waals surface area contributed by atoms with Gasteiger partial charge in [-0.05, 0) is 43.3 Å². The molecule has 4 nitrogen and oxygen atoms in total. The molecule has 3 N–H and O–H groups in total. The third-order valence-electron chi connectivity index (χ3n) is 2.29. The fourth-order valence-corrected chi connectivity index (χ4v) is 1.58. The number of nitrogens with two attached hydrogens (primary N) is 1. The maximum absolute atomic E-state index is 5.82. The quantitative estimate of drug-likeness (QED) is 0.887. The van der Waals surface area contributed by atoms with E-state index in [9.17, 15) is 0 Å². The lowest BCUT2D eigenvalue weighted by atomic mass is 10.3. The largest absolute Gasteiger partial charge is 0.476 e. The summed E-state index contributed by atoms with van der Waals surface area (Å²) in [7, 11) is 0. The summed E-state index contributed by atoms with van der Waals surface area (Å²) in [4.78, 5) is 4.29. The van der Waals surface area contributed by atoms with Gasteiger partial charge in [0.1, 0.15) is 5.82 Å². The van der Waals surface area contributed by atoms with Crippen molar-refractivity contribution < 1.29 is 4.74 Å². The molecule has 0 atom stereocenters. The second-order valence-electron chi connectivity index (χ2n) is 3.66. The van der Waals surface area contributed by atoms with Crippen LogP contribution in [-0.4, -0.2) is 11.6 Å². The fourth-order valence-electron chi connectivity index (χ4n) is 1.45. The predicted octanol–water partition coefficient (Wildman–Crippen LogP) is 3.46. The summed E-state index contributed by atoms with van der Waals surface area (Å²) < 4.78 is 5.34. The number of aromatic nitrogens is 1. The van der Waals surface area contributed by atoms with Crippen molar-refractivity contribution in [2.24, 2.45) is 0 Å². The second kappa shape index (κ2) is 5.60. The van der Waals surface area contributed by atoms with Crippen LogP contribution in [0.5, 0.6) is 5.88 Å². The third-order valence-corrected chi connectivity index (χ3v) is 2.54. The zero-order valence-corrected chi connectivity index (χ0v) is 10.7. The van der Waals surface area contributed by atoms with E-state index >= 15 is 0 Å². The van der Waals surface area contributed by atoms with Gasteiger partial charge in [-0.3, -0.25) is 0 Å². The van der Waals surface area contributed by atoms with Crippen molar-refractivity contribution in [3.8, 4) is 5.88 Å². The standard InChI is InChI=1S/C13H14ClN3O/c1-2-18-13-11(15)7-8-12(17-13)16-10-5-3-9(14)4-6-10/h3-8H,2,15H2,1H3,(H,16,17). The number of hydrogen-bond donors (Lipinski definition) is 2. The zero-order chi connectivity index (χ0) is 13.0. The van der Waals surface area contributed by atoms with Crippen LogP contribution in [-0.2, 0) is 0 Å². The maximum atomic E-state index is 5.82. The maximum Gasteiger partial charge on any atom is 0.239 e. The molecule has 2 aromatic rings. The van der Waals surface area contributed by atoms with Crippen LogP contribution < -0.4 is 15.8 Å². The molecular formula is C13H14ClN3O. The van der Waals surface area contributed by atoms with Gasteiger partial charge in [-0.2, -0.15) is 4.98 Å². The lowest BCUT2D eigenvalue weighted by Crippen LogP contribution is -2.01. The van der Waals surface area contributed by atoms with Crippen LogP contribution in [0.15, 0.2) is 36.4 Å². The van der Waals surface area contributed by atoms with Crippen molar-refractivity contribution >= 4 is 28.8 Å². The van der Waals surface area contributed by atoms with Crippen molar-refractivity contribution in [3.63, 3.8) is 0 Å². The molecule has 0 fully saturated rings. The second-order valence-corrected chi connectivity index (χ2v) is 4.09. The Balaban J connectivity index is 2.18. The van der Waals surface area contributed by atoms with E-state index in [-0.39, 0.29) is 0 Å². The van der Waals surface area contributed by atoms with E-state index < -0.39 is 0 Å². The van der Waals surface area contributed by atoms with Gasteiger partial charge in [0.05, 0.1) is 12.3 Å². The van der Waals surface area contributed by atoms with Gasteiger partial charge in [-0.15, -0.1) is 0 Å². The molecule has 0 bridgehead atoms.